The van der Waals surface area contributed by atoms with Crippen LogP contribution in [0.5, 0.6) is 5.75 Å². The van der Waals surface area contributed by atoms with Gasteiger partial charge in [-0.15, -0.1) is 0 Å². The van der Waals surface area contributed by atoms with Crippen LogP contribution in [0, 0.1) is 0 Å². The molecule has 0 aromatic heterocycles. The molecule has 98 valence electrons. The molecule has 1 aromatic carbocycles. The van der Waals surface area contributed by atoms with Gasteiger partial charge in [-0.2, -0.15) is 0 Å². The van der Waals surface area contributed by atoms with Crippen LogP contribution < -0.4 is 10.1 Å². The Morgan fingerprint density at radius 1 is 1.44 bits per heavy atom. The van der Waals surface area contributed by atoms with Crippen molar-refractivity contribution in [2.75, 3.05) is 26.7 Å². The minimum absolute atomic E-state index is 0.0665. The molecule has 0 fully saturated rings. The molecular formula is C14H20N2O2. The number of carbonyl (C=O) groups is 1. The van der Waals surface area contributed by atoms with Gasteiger partial charge in [-0.05, 0) is 25.6 Å². The Balaban J connectivity index is 2.17. The van der Waals surface area contributed by atoms with Crippen molar-refractivity contribution < 1.29 is 9.53 Å². The number of nitrogens with one attached hydrogen (secondary N) is 1. The van der Waals surface area contributed by atoms with Gasteiger partial charge >= 0.3 is 0 Å². The molecule has 2 rings (SSSR count). The van der Waals surface area contributed by atoms with Gasteiger partial charge in [-0.1, -0.05) is 19.1 Å². The first-order chi connectivity index (χ1) is 8.76. The van der Waals surface area contributed by atoms with Crippen molar-refractivity contribution in [1.82, 2.24) is 10.2 Å². The number of rotatable bonds is 4. The maximum atomic E-state index is 12.4. The molecule has 0 saturated carbocycles. The molecule has 1 aromatic rings. The standard InChI is InChI=1S/C14H20N2O2/c1-3-11(15-2)10-16-8-9-18-13-7-5-4-6-12(13)14(16)17/h4-7,11,15H,3,8-10H2,1-2H3. The molecule has 1 atom stereocenters. The largest absolute Gasteiger partial charge is 0.491 e. The lowest BCUT2D eigenvalue weighted by molar-refractivity contribution is 0.0738. The van der Waals surface area contributed by atoms with Gasteiger partial charge in [0.2, 0.25) is 0 Å². The number of ether oxygens (including phenoxy) is 1. The Morgan fingerprint density at radius 3 is 2.94 bits per heavy atom. The van der Waals surface area contributed by atoms with E-state index in [0.29, 0.717) is 30.5 Å². The summed E-state index contributed by atoms with van der Waals surface area (Å²) >= 11 is 0. The molecule has 1 aliphatic rings. The highest BCUT2D eigenvalue weighted by atomic mass is 16.5. The number of benzene rings is 1. The molecule has 1 aliphatic heterocycles. The highest BCUT2D eigenvalue weighted by molar-refractivity contribution is 5.97. The fraction of sp³-hybridized carbons (Fsp3) is 0.500. The summed E-state index contributed by atoms with van der Waals surface area (Å²) in [6, 6.07) is 7.78. The number of amides is 1. The van der Waals surface area contributed by atoms with E-state index in [4.69, 9.17) is 4.74 Å². The van der Waals surface area contributed by atoms with Crippen molar-refractivity contribution in [3.8, 4) is 5.75 Å². The molecule has 0 radical (unpaired) electrons. The van der Waals surface area contributed by atoms with E-state index in [-0.39, 0.29) is 5.91 Å². The van der Waals surface area contributed by atoms with Gasteiger partial charge in [0.05, 0.1) is 12.1 Å². The van der Waals surface area contributed by atoms with Crippen molar-refractivity contribution in [2.24, 2.45) is 0 Å². The van der Waals surface area contributed by atoms with Crippen molar-refractivity contribution in [3.63, 3.8) is 0 Å². The van der Waals surface area contributed by atoms with E-state index in [1.165, 1.54) is 0 Å². The van der Waals surface area contributed by atoms with Crippen LogP contribution >= 0.6 is 0 Å². The SMILES string of the molecule is CCC(CN1CCOc2ccccc2C1=O)NC. The Morgan fingerprint density at radius 2 is 2.22 bits per heavy atom. The second-order valence-corrected chi connectivity index (χ2v) is 4.49. The van der Waals surface area contributed by atoms with Crippen LogP contribution in [-0.2, 0) is 0 Å². The predicted molar refractivity (Wildman–Crippen MR) is 71.0 cm³/mol. The molecular weight excluding hydrogens is 228 g/mol. The van der Waals surface area contributed by atoms with Crippen molar-refractivity contribution in [2.45, 2.75) is 19.4 Å². The summed E-state index contributed by atoms with van der Waals surface area (Å²) in [5, 5.41) is 3.23. The molecule has 0 aliphatic carbocycles. The van der Waals surface area contributed by atoms with Crippen LogP contribution in [0.1, 0.15) is 23.7 Å². The number of nitrogens with zero attached hydrogens (tertiary/aromatic N) is 1. The predicted octanol–water partition coefficient (Wildman–Crippen LogP) is 1.52. The molecule has 0 bridgehead atoms. The number of fused-ring (bicyclic) bond motifs is 1. The minimum Gasteiger partial charge on any atom is -0.491 e. The van der Waals surface area contributed by atoms with Crippen LogP contribution in [0.25, 0.3) is 0 Å². The fourth-order valence-electron chi connectivity index (χ4n) is 2.17. The zero-order valence-electron chi connectivity index (χ0n) is 11.0. The molecule has 0 saturated heterocycles. The third-order valence-corrected chi connectivity index (χ3v) is 3.37. The summed E-state index contributed by atoms with van der Waals surface area (Å²) in [6.45, 7) is 4.05. The van der Waals surface area contributed by atoms with Gasteiger partial charge in [-0.25, -0.2) is 0 Å². The zero-order valence-corrected chi connectivity index (χ0v) is 11.0. The molecule has 4 heteroatoms. The molecule has 0 spiro atoms. The van der Waals surface area contributed by atoms with Crippen molar-refractivity contribution >= 4 is 5.91 Å². The summed E-state index contributed by atoms with van der Waals surface area (Å²) < 4.78 is 5.62. The summed E-state index contributed by atoms with van der Waals surface area (Å²) in [7, 11) is 1.93. The lowest BCUT2D eigenvalue weighted by atomic mass is 10.1. The smallest absolute Gasteiger partial charge is 0.257 e. The maximum Gasteiger partial charge on any atom is 0.257 e. The lowest BCUT2D eigenvalue weighted by Gasteiger charge is -2.25. The summed E-state index contributed by atoms with van der Waals surface area (Å²) in [5.74, 6) is 0.763. The number of hydrogen-bond acceptors (Lipinski definition) is 3. The van der Waals surface area contributed by atoms with Gasteiger partial charge in [0.15, 0.2) is 0 Å². The molecule has 1 amide bonds. The van der Waals surface area contributed by atoms with Crippen molar-refractivity contribution in [3.05, 3.63) is 29.8 Å². The van der Waals surface area contributed by atoms with Crippen LogP contribution in [0.4, 0.5) is 0 Å². The monoisotopic (exact) mass is 248 g/mol. The second-order valence-electron chi connectivity index (χ2n) is 4.49. The molecule has 1 N–H and O–H groups in total. The van der Waals surface area contributed by atoms with E-state index < -0.39 is 0 Å². The molecule has 4 nitrogen and oxygen atoms in total. The maximum absolute atomic E-state index is 12.4. The molecule has 18 heavy (non-hydrogen) atoms. The Hall–Kier alpha value is -1.55. The Bertz CT molecular complexity index is 416. The van der Waals surface area contributed by atoms with Crippen LogP contribution in [0.2, 0.25) is 0 Å². The van der Waals surface area contributed by atoms with Gasteiger partial charge in [0.1, 0.15) is 12.4 Å². The Kier molecular flexibility index (Phi) is 4.20. The summed E-state index contributed by atoms with van der Waals surface area (Å²) in [5.41, 5.74) is 0.668. The highest BCUT2D eigenvalue weighted by Gasteiger charge is 2.24. The van der Waals surface area contributed by atoms with Crippen LogP contribution in [-0.4, -0.2) is 43.6 Å². The molecule has 1 unspecified atom stereocenters. The average molecular weight is 248 g/mol. The molecule has 1 heterocycles. The minimum atomic E-state index is 0.0665. The number of likely N-dealkylation sites (N-methyl/N-ethyl adjacent to an activating group) is 1. The van der Waals surface area contributed by atoms with E-state index in [1.807, 2.05) is 36.2 Å². The van der Waals surface area contributed by atoms with Gasteiger partial charge in [0, 0.05) is 12.6 Å². The van der Waals surface area contributed by atoms with Crippen LogP contribution in [0.15, 0.2) is 24.3 Å². The number of hydrogen-bond donors (Lipinski definition) is 1. The summed E-state index contributed by atoms with van der Waals surface area (Å²) in [6.07, 6.45) is 1.00. The van der Waals surface area contributed by atoms with Crippen molar-refractivity contribution in [1.29, 1.82) is 0 Å². The average Bonchev–Trinajstić information content (AvgIpc) is 2.56. The number of para-hydroxylation sites is 1. The Labute approximate surface area is 108 Å². The first kappa shape index (κ1) is 12.9. The lowest BCUT2D eigenvalue weighted by Crippen LogP contribution is -2.43. The fourth-order valence-corrected chi connectivity index (χ4v) is 2.17. The summed E-state index contributed by atoms with van der Waals surface area (Å²) in [4.78, 5) is 14.3. The van der Waals surface area contributed by atoms with E-state index in [2.05, 4.69) is 12.2 Å². The van der Waals surface area contributed by atoms with E-state index in [1.54, 1.807) is 0 Å². The third-order valence-electron chi connectivity index (χ3n) is 3.37. The zero-order chi connectivity index (χ0) is 13.0. The van der Waals surface area contributed by atoms with E-state index in [9.17, 15) is 4.79 Å². The third kappa shape index (κ3) is 2.64. The normalized spacial score (nSPS) is 16.8. The first-order valence-corrected chi connectivity index (χ1v) is 6.44. The van der Waals surface area contributed by atoms with E-state index >= 15 is 0 Å². The van der Waals surface area contributed by atoms with Gasteiger partial charge in [0.25, 0.3) is 5.91 Å². The first-order valence-electron chi connectivity index (χ1n) is 6.44. The second kappa shape index (κ2) is 5.87. The topological polar surface area (TPSA) is 41.6 Å². The van der Waals surface area contributed by atoms with Gasteiger partial charge in [-0.3, -0.25) is 4.79 Å². The van der Waals surface area contributed by atoms with Crippen LogP contribution in [0.3, 0.4) is 0 Å². The van der Waals surface area contributed by atoms with Gasteiger partial charge < -0.3 is 15.0 Å². The number of carbonyl (C=O) groups excluding carboxylic acids is 1. The highest BCUT2D eigenvalue weighted by Crippen LogP contribution is 2.22. The quantitative estimate of drug-likeness (QED) is 0.878. The van der Waals surface area contributed by atoms with E-state index in [0.717, 1.165) is 13.0 Å².